The van der Waals surface area contributed by atoms with Gasteiger partial charge >= 0.3 is 5.97 Å². The number of nitrogens with one attached hydrogen (secondary N) is 1. The normalized spacial score (nSPS) is 9.73. The fraction of sp³-hybridized carbons (Fsp3) is 0.263. The summed E-state index contributed by atoms with van der Waals surface area (Å²) in [7, 11) is 1.31. The number of nitrogen functional groups attached to an aromatic ring is 1. The maximum atomic E-state index is 12.0. The van der Waals surface area contributed by atoms with E-state index in [1.165, 1.54) is 7.11 Å². The summed E-state index contributed by atoms with van der Waals surface area (Å²) in [6.45, 7) is 0.239. The van der Waals surface area contributed by atoms with Crippen LogP contribution in [0, 0.1) is 0 Å². The number of benzene rings is 2. The van der Waals surface area contributed by atoms with Crippen LogP contribution in [0.15, 0.2) is 48.5 Å². The molecule has 2 aromatic rings. The molecular weight excluding hydrogens is 356 g/mol. The molecule has 140 valence electrons. The van der Waals surface area contributed by atoms with Crippen LogP contribution in [-0.4, -0.2) is 25.6 Å². The molecule has 0 aliphatic rings. The number of aryl methyl sites for hydroxylation is 1. The van der Waals surface area contributed by atoms with E-state index in [1.807, 2.05) is 30.3 Å². The second-order valence-corrected chi connectivity index (χ2v) is 5.49. The zero-order chi connectivity index (χ0) is 18.1. The highest BCUT2D eigenvalue weighted by Gasteiger charge is 2.06. The lowest BCUT2D eigenvalue weighted by atomic mass is 10.1. The van der Waals surface area contributed by atoms with Crippen LogP contribution in [-0.2, 0) is 27.3 Å². The molecule has 0 aliphatic heterocycles. The molecule has 0 bridgehead atoms. The average molecular weight is 379 g/mol. The van der Waals surface area contributed by atoms with Gasteiger partial charge in [0.1, 0.15) is 5.75 Å². The predicted octanol–water partition coefficient (Wildman–Crippen LogP) is 2.49. The van der Waals surface area contributed by atoms with Crippen LogP contribution in [0.3, 0.4) is 0 Å². The van der Waals surface area contributed by atoms with Gasteiger partial charge in [-0.15, -0.1) is 12.4 Å². The van der Waals surface area contributed by atoms with Crippen LogP contribution in [0.2, 0.25) is 0 Å². The number of carbonyl (C=O) groups is 2. The van der Waals surface area contributed by atoms with Gasteiger partial charge in [-0.2, -0.15) is 0 Å². The molecule has 7 heteroatoms. The first kappa shape index (κ1) is 21.3. The molecule has 0 heterocycles. The van der Waals surface area contributed by atoms with E-state index in [0.29, 0.717) is 30.8 Å². The number of hydrogen-bond donors (Lipinski definition) is 2. The summed E-state index contributed by atoms with van der Waals surface area (Å²) in [5, 5.41) is 2.86. The molecule has 0 radical (unpaired) electrons. The van der Waals surface area contributed by atoms with Gasteiger partial charge in [0.25, 0.3) is 0 Å². The maximum absolute atomic E-state index is 12.0. The first-order valence-corrected chi connectivity index (χ1v) is 7.97. The van der Waals surface area contributed by atoms with Crippen molar-refractivity contribution in [1.29, 1.82) is 0 Å². The molecule has 0 saturated carbocycles. The van der Waals surface area contributed by atoms with Crippen molar-refractivity contribution in [2.45, 2.75) is 19.4 Å². The topological polar surface area (TPSA) is 90.6 Å². The Bertz CT molecular complexity index is 737. The molecule has 2 aromatic carbocycles. The molecule has 1 amide bonds. The van der Waals surface area contributed by atoms with Crippen LogP contribution in [0.4, 0.5) is 5.69 Å². The molecule has 0 saturated heterocycles. The van der Waals surface area contributed by atoms with Gasteiger partial charge in [0.2, 0.25) is 5.91 Å². The monoisotopic (exact) mass is 378 g/mol. The van der Waals surface area contributed by atoms with E-state index in [1.54, 1.807) is 18.2 Å². The van der Waals surface area contributed by atoms with E-state index in [9.17, 15) is 9.59 Å². The fourth-order valence-corrected chi connectivity index (χ4v) is 2.25. The summed E-state index contributed by atoms with van der Waals surface area (Å²) in [5.41, 5.74) is 8.42. The Balaban J connectivity index is 0.00000338. The van der Waals surface area contributed by atoms with E-state index < -0.39 is 5.97 Å². The smallest absolute Gasteiger partial charge is 0.343 e. The minimum absolute atomic E-state index is 0. The Labute approximate surface area is 159 Å². The van der Waals surface area contributed by atoms with E-state index in [2.05, 4.69) is 10.1 Å². The summed E-state index contributed by atoms with van der Waals surface area (Å²) in [6, 6.07) is 14.7. The Morgan fingerprint density at radius 1 is 1.12 bits per heavy atom. The van der Waals surface area contributed by atoms with Gasteiger partial charge in [-0.25, -0.2) is 4.79 Å². The molecule has 6 nitrogen and oxygen atoms in total. The third kappa shape index (κ3) is 7.03. The summed E-state index contributed by atoms with van der Waals surface area (Å²) < 4.78 is 9.85. The van der Waals surface area contributed by atoms with Gasteiger partial charge < -0.3 is 20.5 Å². The van der Waals surface area contributed by atoms with Crippen molar-refractivity contribution >= 4 is 30.0 Å². The Morgan fingerprint density at radius 3 is 2.62 bits per heavy atom. The maximum Gasteiger partial charge on any atom is 0.343 e. The first-order chi connectivity index (χ1) is 12.1. The average Bonchev–Trinajstić information content (AvgIpc) is 2.64. The Morgan fingerprint density at radius 2 is 1.88 bits per heavy atom. The summed E-state index contributed by atoms with van der Waals surface area (Å²) in [4.78, 5) is 23.1. The molecule has 26 heavy (non-hydrogen) atoms. The van der Waals surface area contributed by atoms with Crippen molar-refractivity contribution in [3.63, 3.8) is 0 Å². The highest BCUT2D eigenvalue weighted by molar-refractivity contribution is 5.85. The number of amides is 1. The van der Waals surface area contributed by atoms with Crippen molar-refractivity contribution < 1.29 is 19.1 Å². The lowest BCUT2D eigenvalue weighted by Gasteiger charge is -2.09. The lowest BCUT2D eigenvalue weighted by molar-refractivity contribution is -0.142. The first-order valence-electron chi connectivity index (χ1n) is 7.97. The van der Waals surface area contributed by atoms with Gasteiger partial charge in [-0.3, -0.25) is 4.79 Å². The number of hydrogen-bond acceptors (Lipinski definition) is 5. The molecular formula is C19H23ClN2O4. The Kier molecular flexibility index (Phi) is 9.01. The van der Waals surface area contributed by atoms with Crippen molar-refractivity contribution in [1.82, 2.24) is 5.32 Å². The minimum atomic E-state index is -0.445. The van der Waals surface area contributed by atoms with Gasteiger partial charge in [0, 0.05) is 18.7 Å². The standard InChI is InChI=1S/C19H22N2O4.ClH/c1-24-19(23)13-25-16-7-4-5-14(11-16)12-21-18(22)10-9-15-6-2-3-8-17(15)20;/h2-8,11H,9-10,12-13,20H2,1H3,(H,21,22);1H. The van der Waals surface area contributed by atoms with Crippen LogP contribution in [0.1, 0.15) is 17.5 Å². The van der Waals surface area contributed by atoms with Crippen molar-refractivity contribution in [3.05, 3.63) is 59.7 Å². The van der Waals surface area contributed by atoms with Crippen LogP contribution in [0.25, 0.3) is 0 Å². The van der Waals surface area contributed by atoms with Crippen molar-refractivity contribution in [3.8, 4) is 5.75 Å². The third-order valence-corrected chi connectivity index (χ3v) is 3.65. The predicted molar refractivity (Wildman–Crippen MR) is 102 cm³/mol. The molecule has 0 spiro atoms. The van der Waals surface area contributed by atoms with E-state index in [4.69, 9.17) is 10.5 Å². The van der Waals surface area contributed by atoms with Gasteiger partial charge in [-0.1, -0.05) is 30.3 Å². The number of rotatable bonds is 8. The second-order valence-electron chi connectivity index (χ2n) is 5.49. The van der Waals surface area contributed by atoms with E-state index >= 15 is 0 Å². The molecule has 2 rings (SSSR count). The summed E-state index contributed by atoms with van der Waals surface area (Å²) in [6.07, 6.45) is 0.966. The van der Waals surface area contributed by atoms with E-state index in [-0.39, 0.29) is 24.9 Å². The SMILES string of the molecule is COC(=O)COc1cccc(CNC(=O)CCc2ccccc2N)c1.Cl. The van der Waals surface area contributed by atoms with E-state index in [0.717, 1.165) is 11.1 Å². The highest BCUT2D eigenvalue weighted by Crippen LogP contribution is 2.14. The summed E-state index contributed by atoms with van der Waals surface area (Å²) >= 11 is 0. The largest absolute Gasteiger partial charge is 0.482 e. The third-order valence-electron chi connectivity index (χ3n) is 3.65. The van der Waals surface area contributed by atoms with Gasteiger partial charge in [0.05, 0.1) is 7.11 Å². The molecule has 0 aliphatic carbocycles. The number of halogens is 1. The molecule has 0 aromatic heterocycles. The van der Waals surface area contributed by atoms with Crippen molar-refractivity contribution in [2.75, 3.05) is 19.5 Å². The minimum Gasteiger partial charge on any atom is -0.482 e. The number of ether oxygens (including phenoxy) is 2. The lowest BCUT2D eigenvalue weighted by Crippen LogP contribution is -2.23. The molecule has 0 unspecified atom stereocenters. The van der Waals surface area contributed by atoms with Gasteiger partial charge in [-0.05, 0) is 35.7 Å². The molecule has 3 N–H and O–H groups in total. The summed E-state index contributed by atoms with van der Waals surface area (Å²) in [5.74, 6) is 0.0530. The number of nitrogens with two attached hydrogens (primary N) is 1. The van der Waals surface area contributed by atoms with Crippen LogP contribution in [0.5, 0.6) is 5.75 Å². The van der Waals surface area contributed by atoms with Crippen molar-refractivity contribution in [2.24, 2.45) is 0 Å². The zero-order valence-electron chi connectivity index (χ0n) is 14.6. The zero-order valence-corrected chi connectivity index (χ0v) is 15.4. The van der Waals surface area contributed by atoms with Crippen LogP contribution >= 0.6 is 12.4 Å². The highest BCUT2D eigenvalue weighted by atomic mass is 35.5. The van der Waals surface area contributed by atoms with Crippen LogP contribution < -0.4 is 15.8 Å². The number of esters is 1. The quantitative estimate of drug-likeness (QED) is 0.544. The molecule has 0 fully saturated rings. The Hall–Kier alpha value is -2.73. The number of methoxy groups -OCH3 is 1. The number of carbonyl (C=O) groups excluding carboxylic acids is 2. The molecule has 0 atom stereocenters. The van der Waals surface area contributed by atoms with Gasteiger partial charge in [0.15, 0.2) is 6.61 Å². The second kappa shape index (κ2) is 11.0. The number of para-hydroxylation sites is 1. The number of anilines is 1. The fourth-order valence-electron chi connectivity index (χ4n) is 2.25.